The number of carbonyl (C=O) groups is 2. The first-order valence-corrected chi connectivity index (χ1v) is 6.47. The van der Waals surface area contributed by atoms with Crippen LogP contribution < -0.4 is 10.6 Å². The number of rotatable bonds is 3. The molecule has 2 N–H and O–H groups in total. The van der Waals surface area contributed by atoms with Crippen molar-refractivity contribution in [3.63, 3.8) is 0 Å². The maximum atomic E-state index is 11.9. The number of amides is 2. The maximum Gasteiger partial charge on any atom is 0.251 e. The molecule has 3 rings (SSSR count). The number of fused-ring (bicyclic) bond motifs is 1. The van der Waals surface area contributed by atoms with Gasteiger partial charge in [-0.2, -0.15) is 0 Å². The smallest absolute Gasteiger partial charge is 0.251 e. The lowest BCUT2D eigenvalue weighted by Crippen LogP contribution is -2.22. The molecule has 0 aliphatic carbocycles. The minimum Gasteiger partial charge on any atom is -0.348 e. The van der Waals surface area contributed by atoms with Crippen molar-refractivity contribution in [3.05, 3.63) is 65.2 Å². The van der Waals surface area contributed by atoms with Crippen LogP contribution in [0.15, 0.2) is 48.5 Å². The molecule has 20 heavy (non-hydrogen) atoms. The topological polar surface area (TPSA) is 58.2 Å². The summed E-state index contributed by atoms with van der Waals surface area (Å²) in [6.45, 7) is 0.454. The molecule has 1 heterocycles. The summed E-state index contributed by atoms with van der Waals surface area (Å²) in [6.07, 6.45) is 0.413. The van der Waals surface area contributed by atoms with Crippen LogP contribution in [0.1, 0.15) is 21.5 Å². The molecule has 2 aromatic rings. The second-order valence-electron chi connectivity index (χ2n) is 4.77. The highest BCUT2D eigenvalue weighted by molar-refractivity contribution is 5.99. The largest absolute Gasteiger partial charge is 0.348 e. The van der Waals surface area contributed by atoms with E-state index >= 15 is 0 Å². The van der Waals surface area contributed by atoms with E-state index in [1.54, 1.807) is 12.1 Å². The molecule has 0 radical (unpaired) electrons. The second kappa shape index (κ2) is 5.17. The molecule has 0 spiro atoms. The molecule has 0 aromatic heterocycles. The molecule has 0 fully saturated rings. The summed E-state index contributed by atoms with van der Waals surface area (Å²) < 4.78 is 0. The highest BCUT2D eigenvalue weighted by atomic mass is 16.2. The van der Waals surface area contributed by atoms with Crippen molar-refractivity contribution in [2.24, 2.45) is 0 Å². The maximum absolute atomic E-state index is 11.9. The third-order valence-corrected chi connectivity index (χ3v) is 3.28. The van der Waals surface area contributed by atoms with Crippen LogP contribution in [0.4, 0.5) is 5.69 Å². The van der Waals surface area contributed by atoms with Gasteiger partial charge in [0, 0.05) is 17.8 Å². The second-order valence-corrected chi connectivity index (χ2v) is 4.77. The zero-order valence-corrected chi connectivity index (χ0v) is 10.8. The molecular formula is C16H14N2O2. The normalized spacial score (nSPS) is 12.7. The van der Waals surface area contributed by atoms with Crippen LogP contribution in [0.25, 0.3) is 0 Å². The summed E-state index contributed by atoms with van der Waals surface area (Å²) >= 11 is 0. The van der Waals surface area contributed by atoms with Gasteiger partial charge < -0.3 is 10.6 Å². The summed E-state index contributed by atoms with van der Waals surface area (Å²) in [7, 11) is 0. The first kappa shape index (κ1) is 12.4. The number of hydrogen-bond donors (Lipinski definition) is 2. The predicted octanol–water partition coefficient (Wildman–Crippen LogP) is 2.11. The minimum atomic E-state index is -0.0969. The molecule has 4 nitrogen and oxygen atoms in total. The van der Waals surface area contributed by atoms with Gasteiger partial charge in [0.05, 0.1) is 6.42 Å². The van der Waals surface area contributed by atoms with Gasteiger partial charge in [0.2, 0.25) is 5.91 Å². The lowest BCUT2D eigenvalue weighted by atomic mass is 10.1. The number of benzene rings is 2. The van der Waals surface area contributed by atoms with E-state index in [2.05, 4.69) is 10.6 Å². The Hall–Kier alpha value is -2.62. The van der Waals surface area contributed by atoms with Crippen LogP contribution >= 0.6 is 0 Å². The van der Waals surface area contributed by atoms with Gasteiger partial charge in [-0.05, 0) is 29.3 Å². The van der Waals surface area contributed by atoms with Gasteiger partial charge in [0.1, 0.15) is 0 Å². The van der Waals surface area contributed by atoms with Crippen molar-refractivity contribution in [2.45, 2.75) is 13.0 Å². The van der Waals surface area contributed by atoms with E-state index in [4.69, 9.17) is 0 Å². The number of hydrogen-bond acceptors (Lipinski definition) is 2. The highest BCUT2D eigenvalue weighted by Gasteiger charge is 2.17. The van der Waals surface area contributed by atoms with Crippen molar-refractivity contribution in [3.8, 4) is 0 Å². The van der Waals surface area contributed by atoms with Crippen molar-refractivity contribution in [1.82, 2.24) is 5.32 Å². The average molecular weight is 266 g/mol. The Kier molecular flexibility index (Phi) is 3.21. The standard InChI is InChI=1S/C16H14N2O2/c19-15-9-13-8-11(6-7-14(13)18-15)10-17-16(20)12-4-2-1-3-5-12/h1-8H,9-10H2,(H,17,20)(H,18,19). The van der Waals surface area contributed by atoms with E-state index in [1.807, 2.05) is 36.4 Å². The molecule has 0 bridgehead atoms. The van der Waals surface area contributed by atoms with Gasteiger partial charge in [-0.3, -0.25) is 9.59 Å². The van der Waals surface area contributed by atoms with E-state index in [0.717, 1.165) is 16.8 Å². The monoisotopic (exact) mass is 266 g/mol. The van der Waals surface area contributed by atoms with Gasteiger partial charge >= 0.3 is 0 Å². The molecule has 0 atom stereocenters. The van der Waals surface area contributed by atoms with Gasteiger partial charge in [-0.15, -0.1) is 0 Å². The van der Waals surface area contributed by atoms with Crippen molar-refractivity contribution in [1.29, 1.82) is 0 Å². The average Bonchev–Trinajstić information content (AvgIpc) is 2.85. The summed E-state index contributed by atoms with van der Waals surface area (Å²) in [5.41, 5.74) is 3.49. The molecular weight excluding hydrogens is 252 g/mol. The van der Waals surface area contributed by atoms with Crippen molar-refractivity contribution < 1.29 is 9.59 Å². The lowest BCUT2D eigenvalue weighted by Gasteiger charge is -2.07. The van der Waals surface area contributed by atoms with Crippen LogP contribution in [0.2, 0.25) is 0 Å². The minimum absolute atomic E-state index is 0.0190. The Morgan fingerprint density at radius 1 is 1.15 bits per heavy atom. The summed E-state index contributed by atoms with van der Waals surface area (Å²) in [5.74, 6) is -0.0780. The third kappa shape index (κ3) is 2.54. The number of nitrogens with one attached hydrogen (secondary N) is 2. The molecule has 100 valence electrons. The molecule has 1 aliphatic rings. The Labute approximate surface area is 116 Å². The van der Waals surface area contributed by atoms with Crippen LogP contribution in [0, 0.1) is 0 Å². The fourth-order valence-corrected chi connectivity index (χ4v) is 2.27. The van der Waals surface area contributed by atoms with E-state index < -0.39 is 0 Å². The molecule has 1 aliphatic heterocycles. The Morgan fingerprint density at radius 2 is 1.95 bits per heavy atom. The Morgan fingerprint density at radius 3 is 2.75 bits per heavy atom. The molecule has 4 heteroatoms. The van der Waals surface area contributed by atoms with Gasteiger partial charge in [0.15, 0.2) is 0 Å². The van der Waals surface area contributed by atoms with E-state index in [-0.39, 0.29) is 11.8 Å². The van der Waals surface area contributed by atoms with Crippen LogP contribution in [0.5, 0.6) is 0 Å². The first-order valence-electron chi connectivity index (χ1n) is 6.47. The zero-order chi connectivity index (χ0) is 13.9. The highest BCUT2D eigenvalue weighted by Crippen LogP contribution is 2.23. The van der Waals surface area contributed by atoms with Gasteiger partial charge in [-0.1, -0.05) is 30.3 Å². The van der Waals surface area contributed by atoms with Crippen molar-refractivity contribution >= 4 is 17.5 Å². The van der Waals surface area contributed by atoms with Crippen LogP contribution in [-0.2, 0) is 17.8 Å². The molecule has 2 amide bonds. The predicted molar refractivity (Wildman–Crippen MR) is 76.4 cm³/mol. The van der Waals surface area contributed by atoms with Gasteiger partial charge in [0.25, 0.3) is 5.91 Å². The van der Waals surface area contributed by atoms with E-state index in [9.17, 15) is 9.59 Å². The number of carbonyl (C=O) groups excluding carboxylic acids is 2. The molecule has 0 saturated carbocycles. The Bertz CT molecular complexity index is 665. The van der Waals surface area contributed by atoms with Crippen molar-refractivity contribution in [2.75, 3.05) is 5.32 Å². The van der Waals surface area contributed by atoms with E-state index in [0.29, 0.717) is 18.5 Å². The van der Waals surface area contributed by atoms with E-state index in [1.165, 1.54) is 0 Å². The summed E-state index contributed by atoms with van der Waals surface area (Å²) in [5, 5.41) is 5.66. The quantitative estimate of drug-likeness (QED) is 0.894. The summed E-state index contributed by atoms with van der Waals surface area (Å²) in [6, 6.07) is 14.9. The fraction of sp³-hybridized carbons (Fsp3) is 0.125. The number of anilines is 1. The lowest BCUT2D eigenvalue weighted by molar-refractivity contribution is -0.115. The van der Waals surface area contributed by atoms with Crippen LogP contribution in [0.3, 0.4) is 0 Å². The summed E-state index contributed by atoms with van der Waals surface area (Å²) in [4.78, 5) is 23.2. The fourth-order valence-electron chi connectivity index (χ4n) is 2.27. The molecule has 2 aromatic carbocycles. The molecule has 0 saturated heterocycles. The zero-order valence-electron chi connectivity index (χ0n) is 10.8. The SMILES string of the molecule is O=C1Cc2cc(CNC(=O)c3ccccc3)ccc2N1. The Balaban J connectivity index is 1.66. The molecule has 0 unspecified atom stereocenters. The van der Waals surface area contributed by atoms with Gasteiger partial charge in [-0.25, -0.2) is 0 Å². The first-order chi connectivity index (χ1) is 9.72. The third-order valence-electron chi connectivity index (χ3n) is 3.28. The van der Waals surface area contributed by atoms with Crippen LogP contribution in [-0.4, -0.2) is 11.8 Å².